The number of aryl methyl sites for hydroxylation is 1. The normalized spacial score (nSPS) is 9.85. The first-order valence-electron chi connectivity index (χ1n) is 6.04. The van der Waals surface area contributed by atoms with E-state index >= 15 is 0 Å². The number of anilines is 2. The molecule has 0 aliphatic carbocycles. The molecule has 0 aliphatic rings. The van der Waals surface area contributed by atoms with Gasteiger partial charge in [-0.05, 0) is 30.7 Å². The predicted molar refractivity (Wildman–Crippen MR) is 77.2 cm³/mol. The number of carbonyl (C=O) groups is 2. The molecule has 0 aliphatic heterocycles. The highest BCUT2D eigenvalue weighted by molar-refractivity contribution is 6.05. The number of amides is 2. The molecule has 2 rings (SSSR count). The molecule has 0 aromatic heterocycles. The quantitative estimate of drug-likeness (QED) is 0.800. The van der Waals surface area contributed by atoms with Gasteiger partial charge in [-0.25, -0.2) is 9.59 Å². The molecule has 102 valence electrons. The van der Waals surface area contributed by atoms with Crippen molar-refractivity contribution in [3.05, 3.63) is 59.7 Å². The third-order valence-electron chi connectivity index (χ3n) is 2.77. The van der Waals surface area contributed by atoms with Gasteiger partial charge >= 0.3 is 12.0 Å². The minimum absolute atomic E-state index is 0.0632. The zero-order valence-corrected chi connectivity index (χ0v) is 10.9. The number of nitrogens with one attached hydrogen (secondary N) is 2. The summed E-state index contributed by atoms with van der Waals surface area (Å²) < 4.78 is 0. The maximum Gasteiger partial charge on any atom is 0.337 e. The molecule has 0 saturated heterocycles. The average molecular weight is 270 g/mol. The van der Waals surface area contributed by atoms with Crippen molar-refractivity contribution in [2.45, 2.75) is 6.92 Å². The first-order chi connectivity index (χ1) is 9.58. The molecular weight excluding hydrogens is 256 g/mol. The molecule has 0 unspecified atom stereocenters. The minimum Gasteiger partial charge on any atom is -0.478 e. The summed E-state index contributed by atoms with van der Waals surface area (Å²) in [6.07, 6.45) is 0. The summed E-state index contributed by atoms with van der Waals surface area (Å²) >= 11 is 0. The van der Waals surface area contributed by atoms with E-state index in [4.69, 9.17) is 5.11 Å². The molecule has 0 spiro atoms. The standard InChI is InChI=1S/C15H14N2O3/c1-10-6-5-9-12(14(18)19)13(10)17-15(20)16-11-7-3-2-4-8-11/h2-9H,1H3,(H,18,19)(H2,16,17,20). The molecule has 0 radical (unpaired) electrons. The van der Waals surface area contributed by atoms with Crippen LogP contribution in [0.25, 0.3) is 0 Å². The van der Waals surface area contributed by atoms with Crippen LogP contribution in [0.15, 0.2) is 48.5 Å². The number of benzene rings is 2. The van der Waals surface area contributed by atoms with Gasteiger partial charge in [0.15, 0.2) is 0 Å². The molecular formula is C15H14N2O3. The van der Waals surface area contributed by atoms with Gasteiger partial charge in [0.05, 0.1) is 11.3 Å². The summed E-state index contributed by atoms with van der Waals surface area (Å²) in [5, 5.41) is 14.3. The summed E-state index contributed by atoms with van der Waals surface area (Å²) in [6.45, 7) is 1.74. The van der Waals surface area contributed by atoms with Crippen molar-refractivity contribution in [2.75, 3.05) is 10.6 Å². The Morgan fingerprint density at radius 1 is 0.950 bits per heavy atom. The minimum atomic E-state index is -1.08. The second kappa shape index (κ2) is 5.88. The molecule has 2 aromatic carbocycles. The Hall–Kier alpha value is -2.82. The lowest BCUT2D eigenvalue weighted by Crippen LogP contribution is -2.21. The van der Waals surface area contributed by atoms with E-state index in [9.17, 15) is 9.59 Å². The van der Waals surface area contributed by atoms with E-state index in [2.05, 4.69) is 10.6 Å². The van der Waals surface area contributed by atoms with Crippen LogP contribution in [0, 0.1) is 6.92 Å². The van der Waals surface area contributed by atoms with Crippen LogP contribution >= 0.6 is 0 Å². The van der Waals surface area contributed by atoms with E-state index in [1.807, 2.05) is 6.07 Å². The van der Waals surface area contributed by atoms with Gasteiger partial charge < -0.3 is 15.7 Å². The number of carboxylic acid groups (broad SMARTS) is 1. The molecule has 0 fully saturated rings. The van der Waals surface area contributed by atoms with Crippen LogP contribution in [-0.2, 0) is 0 Å². The van der Waals surface area contributed by atoms with Gasteiger partial charge in [-0.15, -0.1) is 0 Å². The number of rotatable bonds is 3. The Morgan fingerprint density at radius 3 is 2.30 bits per heavy atom. The Labute approximate surface area is 116 Å². The summed E-state index contributed by atoms with van der Waals surface area (Å²) in [5.41, 5.74) is 1.69. The smallest absolute Gasteiger partial charge is 0.337 e. The van der Waals surface area contributed by atoms with Gasteiger partial charge in [0.1, 0.15) is 0 Å². The van der Waals surface area contributed by atoms with E-state index in [-0.39, 0.29) is 5.56 Å². The average Bonchev–Trinajstić information content (AvgIpc) is 2.42. The predicted octanol–water partition coefficient (Wildman–Crippen LogP) is 3.34. The summed E-state index contributed by atoms with van der Waals surface area (Å²) in [4.78, 5) is 23.0. The molecule has 3 N–H and O–H groups in total. The van der Waals surface area contributed by atoms with Crippen LogP contribution in [0.2, 0.25) is 0 Å². The van der Waals surface area contributed by atoms with Crippen molar-refractivity contribution in [2.24, 2.45) is 0 Å². The van der Waals surface area contributed by atoms with E-state index < -0.39 is 12.0 Å². The fourth-order valence-electron chi connectivity index (χ4n) is 1.81. The summed E-state index contributed by atoms with van der Waals surface area (Å²) in [7, 11) is 0. The fraction of sp³-hybridized carbons (Fsp3) is 0.0667. The zero-order valence-electron chi connectivity index (χ0n) is 10.9. The lowest BCUT2D eigenvalue weighted by atomic mass is 10.1. The Morgan fingerprint density at radius 2 is 1.65 bits per heavy atom. The molecule has 20 heavy (non-hydrogen) atoms. The van der Waals surface area contributed by atoms with Crippen LogP contribution < -0.4 is 10.6 Å². The number of urea groups is 1. The van der Waals surface area contributed by atoms with E-state index in [1.54, 1.807) is 43.3 Å². The number of carbonyl (C=O) groups excluding carboxylic acids is 1. The molecule has 5 heteroatoms. The van der Waals surface area contributed by atoms with Crippen molar-refractivity contribution in [1.29, 1.82) is 0 Å². The third-order valence-corrected chi connectivity index (χ3v) is 2.77. The fourth-order valence-corrected chi connectivity index (χ4v) is 1.81. The van der Waals surface area contributed by atoms with Crippen molar-refractivity contribution < 1.29 is 14.7 Å². The van der Waals surface area contributed by atoms with Crippen LogP contribution in [0.3, 0.4) is 0 Å². The van der Waals surface area contributed by atoms with Crippen molar-refractivity contribution in [3.63, 3.8) is 0 Å². The SMILES string of the molecule is Cc1cccc(C(=O)O)c1NC(=O)Nc1ccccc1. The number of hydrogen-bond donors (Lipinski definition) is 3. The summed E-state index contributed by atoms with van der Waals surface area (Å²) in [5.74, 6) is -1.08. The number of para-hydroxylation sites is 2. The highest BCUT2D eigenvalue weighted by Gasteiger charge is 2.14. The second-order valence-electron chi connectivity index (χ2n) is 4.25. The first kappa shape index (κ1) is 13.6. The van der Waals surface area contributed by atoms with Crippen LogP contribution in [0.1, 0.15) is 15.9 Å². The van der Waals surface area contributed by atoms with Gasteiger partial charge in [0.2, 0.25) is 0 Å². The van der Waals surface area contributed by atoms with Gasteiger partial charge in [0, 0.05) is 5.69 Å². The van der Waals surface area contributed by atoms with Gasteiger partial charge in [-0.3, -0.25) is 0 Å². The Bertz CT molecular complexity index is 639. The highest BCUT2D eigenvalue weighted by Crippen LogP contribution is 2.21. The first-order valence-corrected chi connectivity index (χ1v) is 6.04. The monoisotopic (exact) mass is 270 g/mol. The topological polar surface area (TPSA) is 78.4 Å². The van der Waals surface area contributed by atoms with E-state index in [0.717, 1.165) is 0 Å². The Kier molecular flexibility index (Phi) is 4.00. The maximum absolute atomic E-state index is 11.9. The van der Waals surface area contributed by atoms with Gasteiger partial charge in [0.25, 0.3) is 0 Å². The van der Waals surface area contributed by atoms with Gasteiger partial charge in [-0.2, -0.15) is 0 Å². The molecule has 0 bridgehead atoms. The largest absolute Gasteiger partial charge is 0.478 e. The number of carboxylic acids is 1. The lowest BCUT2D eigenvalue weighted by molar-refractivity contribution is 0.0698. The van der Waals surface area contributed by atoms with Crippen molar-refractivity contribution >= 4 is 23.4 Å². The molecule has 0 atom stereocenters. The summed E-state index contributed by atoms with van der Waals surface area (Å²) in [6, 6.07) is 13.3. The molecule has 0 saturated carbocycles. The molecule has 2 aromatic rings. The van der Waals surface area contributed by atoms with E-state index in [1.165, 1.54) is 6.07 Å². The highest BCUT2D eigenvalue weighted by atomic mass is 16.4. The van der Waals surface area contributed by atoms with E-state index in [0.29, 0.717) is 16.9 Å². The second-order valence-corrected chi connectivity index (χ2v) is 4.25. The molecule has 2 amide bonds. The van der Waals surface area contributed by atoms with Crippen LogP contribution in [-0.4, -0.2) is 17.1 Å². The molecule has 0 heterocycles. The lowest BCUT2D eigenvalue weighted by Gasteiger charge is -2.12. The number of hydrogen-bond acceptors (Lipinski definition) is 2. The zero-order chi connectivity index (χ0) is 14.5. The van der Waals surface area contributed by atoms with Crippen molar-refractivity contribution in [3.8, 4) is 0 Å². The van der Waals surface area contributed by atoms with Crippen LogP contribution in [0.4, 0.5) is 16.2 Å². The maximum atomic E-state index is 11.9. The molecule has 5 nitrogen and oxygen atoms in total. The Balaban J connectivity index is 2.18. The van der Waals surface area contributed by atoms with Crippen LogP contribution in [0.5, 0.6) is 0 Å². The van der Waals surface area contributed by atoms with Gasteiger partial charge in [-0.1, -0.05) is 30.3 Å². The number of aromatic carboxylic acids is 1. The third kappa shape index (κ3) is 3.14. The van der Waals surface area contributed by atoms with Crippen molar-refractivity contribution in [1.82, 2.24) is 0 Å².